The van der Waals surface area contributed by atoms with Crippen molar-refractivity contribution in [2.45, 2.75) is 20.3 Å². The molecule has 0 aromatic heterocycles. The Hall–Kier alpha value is -0.530. The van der Waals surface area contributed by atoms with Crippen molar-refractivity contribution >= 4 is 5.78 Å². The van der Waals surface area contributed by atoms with Crippen LogP contribution in [0.15, 0.2) is 0 Å². The molecular weight excluding hydrogens is 276 g/mol. The van der Waals surface area contributed by atoms with Crippen molar-refractivity contribution < 1.29 is 28.5 Å². The van der Waals surface area contributed by atoms with Gasteiger partial charge >= 0.3 is 0 Å². The average Bonchev–Trinajstić information content (AvgIpc) is 2.47. The molecule has 6 heteroatoms. The molecule has 0 saturated heterocycles. The molecule has 0 radical (unpaired) electrons. The summed E-state index contributed by atoms with van der Waals surface area (Å²) >= 11 is 0. The van der Waals surface area contributed by atoms with E-state index >= 15 is 0 Å². The summed E-state index contributed by atoms with van der Waals surface area (Å²) in [6.07, 6.45) is 0.476. The van der Waals surface area contributed by atoms with E-state index in [1.165, 1.54) is 0 Å². The zero-order valence-corrected chi connectivity index (χ0v) is 13.6. The highest BCUT2D eigenvalue weighted by molar-refractivity contribution is 5.80. The molecule has 0 aromatic rings. The van der Waals surface area contributed by atoms with Crippen molar-refractivity contribution in [3.8, 4) is 0 Å². The molecule has 0 N–H and O–H groups in total. The zero-order valence-electron chi connectivity index (χ0n) is 13.6. The summed E-state index contributed by atoms with van der Waals surface area (Å²) in [4.78, 5) is 11.3. The molecule has 0 aliphatic heterocycles. The van der Waals surface area contributed by atoms with Crippen molar-refractivity contribution in [2.75, 3.05) is 66.6 Å². The summed E-state index contributed by atoms with van der Waals surface area (Å²) in [6.45, 7) is 8.68. The van der Waals surface area contributed by atoms with Crippen LogP contribution < -0.4 is 0 Å². The number of hydrogen-bond acceptors (Lipinski definition) is 6. The van der Waals surface area contributed by atoms with Gasteiger partial charge in [0.25, 0.3) is 0 Å². The molecule has 0 aliphatic carbocycles. The van der Waals surface area contributed by atoms with Crippen LogP contribution in [0.4, 0.5) is 0 Å². The van der Waals surface area contributed by atoms with Gasteiger partial charge in [-0.05, 0) is 0 Å². The van der Waals surface area contributed by atoms with Crippen LogP contribution >= 0.6 is 0 Å². The Bertz CT molecular complexity index is 232. The quantitative estimate of drug-likeness (QED) is 0.401. The number of Topliss-reactive ketones (excluding diaryl/α,β-unsaturated/α-hetero) is 1. The topological polar surface area (TPSA) is 63.2 Å². The number of hydrogen-bond donors (Lipinski definition) is 0. The lowest BCUT2D eigenvalue weighted by Crippen LogP contribution is -2.14. The number of ketones is 1. The van der Waals surface area contributed by atoms with Crippen LogP contribution in [0.5, 0.6) is 0 Å². The number of rotatable bonds is 16. The molecule has 0 atom stereocenters. The fraction of sp³-hybridized carbons (Fsp3) is 0.933. The Kier molecular flexibility index (Phi) is 15.5. The number of carbonyl (C=O) groups excluding carboxylic acids is 1. The van der Waals surface area contributed by atoms with E-state index in [1.807, 2.05) is 13.8 Å². The normalized spacial score (nSPS) is 11.2. The molecule has 126 valence electrons. The van der Waals surface area contributed by atoms with Crippen molar-refractivity contribution in [3.05, 3.63) is 0 Å². The van der Waals surface area contributed by atoms with Crippen molar-refractivity contribution in [1.82, 2.24) is 0 Å². The van der Waals surface area contributed by atoms with Gasteiger partial charge in [-0.1, -0.05) is 13.8 Å². The zero-order chi connectivity index (χ0) is 15.8. The predicted octanol–water partition coefficient (Wildman–Crippen LogP) is 1.31. The number of ether oxygens (including phenoxy) is 5. The van der Waals surface area contributed by atoms with Gasteiger partial charge < -0.3 is 23.7 Å². The largest absolute Gasteiger partial charge is 0.382 e. The molecule has 21 heavy (non-hydrogen) atoms. The highest BCUT2D eigenvalue weighted by Gasteiger charge is 2.05. The third-order valence-corrected chi connectivity index (χ3v) is 2.68. The third-order valence-electron chi connectivity index (χ3n) is 2.68. The second kappa shape index (κ2) is 15.9. The minimum atomic E-state index is 0.0838. The summed E-state index contributed by atoms with van der Waals surface area (Å²) in [7, 11) is 1.64. The molecule has 0 fully saturated rings. The van der Waals surface area contributed by atoms with E-state index < -0.39 is 0 Å². The molecule has 0 spiro atoms. The first-order valence-corrected chi connectivity index (χ1v) is 7.51. The Morgan fingerprint density at radius 1 is 0.714 bits per heavy atom. The summed E-state index contributed by atoms with van der Waals surface area (Å²) in [5.74, 6) is 0.317. The lowest BCUT2D eigenvalue weighted by atomic mass is 10.1. The van der Waals surface area contributed by atoms with Crippen LogP contribution in [0.3, 0.4) is 0 Å². The average molecular weight is 306 g/mol. The number of methoxy groups -OCH3 is 1. The first-order valence-electron chi connectivity index (χ1n) is 7.51. The first-order chi connectivity index (χ1) is 10.2. The van der Waals surface area contributed by atoms with Crippen LogP contribution in [0.2, 0.25) is 0 Å². The minimum absolute atomic E-state index is 0.0838. The maximum Gasteiger partial charge on any atom is 0.137 e. The van der Waals surface area contributed by atoms with E-state index in [-0.39, 0.29) is 11.7 Å². The third kappa shape index (κ3) is 15.7. The highest BCUT2D eigenvalue weighted by Crippen LogP contribution is 1.98. The molecule has 0 rings (SSSR count). The maximum absolute atomic E-state index is 11.3. The molecule has 0 aromatic carbocycles. The van der Waals surface area contributed by atoms with Crippen molar-refractivity contribution in [2.24, 2.45) is 5.92 Å². The van der Waals surface area contributed by atoms with Crippen molar-refractivity contribution in [1.29, 1.82) is 0 Å². The second-order valence-electron chi connectivity index (χ2n) is 4.81. The molecule has 0 amide bonds. The van der Waals surface area contributed by atoms with Gasteiger partial charge in [0.05, 0.1) is 59.5 Å². The molecule has 0 unspecified atom stereocenters. The SMILES string of the molecule is COCCOCCOCCOCCOCCC(=O)C(C)C. The molecule has 0 bridgehead atoms. The maximum atomic E-state index is 11.3. The molecular formula is C15H30O6. The smallest absolute Gasteiger partial charge is 0.137 e. The molecule has 0 heterocycles. The Labute approximate surface area is 128 Å². The van der Waals surface area contributed by atoms with Gasteiger partial charge in [-0.15, -0.1) is 0 Å². The monoisotopic (exact) mass is 306 g/mol. The van der Waals surface area contributed by atoms with Crippen LogP contribution in [0.25, 0.3) is 0 Å². The first kappa shape index (κ1) is 20.5. The van der Waals surface area contributed by atoms with Gasteiger partial charge in [0.2, 0.25) is 0 Å². The van der Waals surface area contributed by atoms with Crippen molar-refractivity contribution in [3.63, 3.8) is 0 Å². The summed E-state index contributed by atoms with van der Waals surface area (Å²) in [5, 5.41) is 0. The van der Waals surface area contributed by atoms with E-state index in [0.717, 1.165) is 0 Å². The predicted molar refractivity (Wildman–Crippen MR) is 79.6 cm³/mol. The van der Waals surface area contributed by atoms with Crippen LogP contribution in [-0.4, -0.2) is 72.4 Å². The second-order valence-corrected chi connectivity index (χ2v) is 4.81. The van der Waals surface area contributed by atoms with Crippen LogP contribution in [0, 0.1) is 5.92 Å². The van der Waals surface area contributed by atoms with E-state index in [4.69, 9.17) is 23.7 Å². The summed E-state index contributed by atoms with van der Waals surface area (Å²) in [6, 6.07) is 0. The Morgan fingerprint density at radius 2 is 1.10 bits per heavy atom. The molecule has 0 aliphatic rings. The van der Waals surface area contributed by atoms with Gasteiger partial charge in [0.15, 0.2) is 0 Å². The van der Waals surface area contributed by atoms with Gasteiger partial charge in [-0.3, -0.25) is 4.79 Å². The fourth-order valence-electron chi connectivity index (χ4n) is 1.37. The van der Waals surface area contributed by atoms with E-state index in [2.05, 4.69) is 0 Å². The van der Waals surface area contributed by atoms with Gasteiger partial charge in [-0.2, -0.15) is 0 Å². The number of carbonyl (C=O) groups is 1. The standard InChI is InChI=1S/C15H30O6/c1-14(2)15(16)4-5-18-8-9-20-12-13-21-11-10-19-7-6-17-3/h14H,4-13H2,1-3H3. The highest BCUT2D eigenvalue weighted by atomic mass is 16.6. The summed E-state index contributed by atoms with van der Waals surface area (Å²) in [5.41, 5.74) is 0. The minimum Gasteiger partial charge on any atom is -0.382 e. The van der Waals surface area contributed by atoms with Crippen LogP contribution in [0.1, 0.15) is 20.3 Å². The van der Waals surface area contributed by atoms with Crippen LogP contribution in [-0.2, 0) is 28.5 Å². The fourth-order valence-corrected chi connectivity index (χ4v) is 1.37. The lowest BCUT2D eigenvalue weighted by molar-refractivity contribution is -0.123. The van der Waals surface area contributed by atoms with E-state index in [0.29, 0.717) is 65.9 Å². The lowest BCUT2D eigenvalue weighted by Gasteiger charge is -2.07. The molecule has 0 saturated carbocycles. The van der Waals surface area contributed by atoms with Gasteiger partial charge in [0.1, 0.15) is 5.78 Å². The van der Waals surface area contributed by atoms with Gasteiger partial charge in [-0.25, -0.2) is 0 Å². The Balaban J connectivity index is 3.04. The van der Waals surface area contributed by atoms with E-state index in [1.54, 1.807) is 7.11 Å². The van der Waals surface area contributed by atoms with E-state index in [9.17, 15) is 4.79 Å². The Morgan fingerprint density at radius 3 is 1.48 bits per heavy atom. The van der Waals surface area contributed by atoms with Gasteiger partial charge in [0, 0.05) is 19.4 Å². The molecule has 6 nitrogen and oxygen atoms in total. The summed E-state index contributed by atoms with van der Waals surface area (Å²) < 4.78 is 26.1.